The van der Waals surface area contributed by atoms with Crippen molar-refractivity contribution in [2.24, 2.45) is 5.73 Å². The summed E-state index contributed by atoms with van der Waals surface area (Å²) in [5.41, 5.74) is 8.04. The normalized spacial score (nSPS) is 10.6. The highest BCUT2D eigenvalue weighted by atomic mass is 16.3. The molecule has 0 aliphatic heterocycles. The molecular formula is C14H17NO. The second kappa shape index (κ2) is 4.99. The van der Waals surface area contributed by atoms with Crippen LogP contribution in [0, 0.1) is 6.92 Å². The Morgan fingerprint density at radius 2 is 1.69 bits per heavy atom. The van der Waals surface area contributed by atoms with E-state index >= 15 is 0 Å². The molecule has 1 aromatic carbocycles. The smallest absolute Gasteiger partial charge is 0.108 e. The molecule has 2 rings (SSSR count). The molecule has 0 saturated carbocycles. The van der Waals surface area contributed by atoms with Crippen molar-refractivity contribution in [1.29, 1.82) is 0 Å². The van der Waals surface area contributed by atoms with Crippen molar-refractivity contribution < 1.29 is 4.42 Å². The van der Waals surface area contributed by atoms with Gasteiger partial charge in [-0.3, -0.25) is 0 Å². The molecular weight excluding hydrogens is 198 g/mol. The van der Waals surface area contributed by atoms with Crippen molar-refractivity contribution in [1.82, 2.24) is 0 Å². The van der Waals surface area contributed by atoms with Gasteiger partial charge in [0.25, 0.3) is 0 Å². The van der Waals surface area contributed by atoms with E-state index < -0.39 is 0 Å². The summed E-state index contributed by atoms with van der Waals surface area (Å²) < 4.78 is 5.68. The summed E-state index contributed by atoms with van der Waals surface area (Å²) in [6.07, 6.45) is 1.67. The number of rotatable bonds is 4. The lowest BCUT2D eigenvalue weighted by atomic mass is 10.1. The van der Waals surface area contributed by atoms with Gasteiger partial charge in [-0.2, -0.15) is 0 Å². The molecule has 2 heteroatoms. The quantitative estimate of drug-likeness (QED) is 0.851. The number of hydrogen-bond acceptors (Lipinski definition) is 2. The van der Waals surface area contributed by atoms with Crippen molar-refractivity contribution >= 4 is 0 Å². The molecule has 2 N–H and O–H groups in total. The molecule has 0 amide bonds. The molecule has 16 heavy (non-hydrogen) atoms. The van der Waals surface area contributed by atoms with Gasteiger partial charge < -0.3 is 10.2 Å². The van der Waals surface area contributed by atoms with Crippen LogP contribution in [0.2, 0.25) is 0 Å². The van der Waals surface area contributed by atoms with E-state index in [1.54, 1.807) is 0 Å². The minimum atomic E-state index is 0.636. The summed E-state index contributed by atoms with van der Waals surface area (Å²) >= 11 is 0. The van der Waals surface area contributed by atoms with Gasteiger partial charge in [0.2, 0.25) is 0 Å². The van der Waals surface area contributed by atoms with Crippen molar-refractivity contribution in [2.75, 3.05) is 6.54 Å². The lowest BCUT2D eigenvalue weighted by Crippen LogP contribution is -2.01. The third-order valence-corrected chi connectivity index (χ3v) is 2.61. The Hall–Kier alpha value is -1.54. The third-order valence-electron chi connectivity index (χ3n) is 2.61. The van der Waals surface area contributed by atoms with E-state index in [2.05, 4.69) is 31.2 Å². The van der Waals surface area contributed by atoms with Crippen LogP contribution in [0.25, 0.3) is 0 Å². The number of furan rings is 1. The van der Waals surface area contributed by atoms with Crippen molar-refractivity contribution in [3.8, 4) is 0 Å². The maximum atomic E-state index is 5.68. The van der Waals surface area contributed by atoms with E-state index in [1.165, 1.54) is 11.1 Å². The molecule has 0 atom stereocenters. The standard InChI is InChI=1S/C14H17NO/c1-11-2-4-12(5-3-11)10-14-7-6-13(16-14)8-9-15/h2-7H,8-10,15H2,1H3. The van der Waals surface area contributed by atoms with Crippen LogP contribution in [0.15, 0.2) is 40.8 Å². The first-order chi connectivity index (χ1) is 7.78. The molecule has 0 bridgehead atoms. The fraction of sp³-hybridized carbons (Fsp3) is 0.286. The van der Waals surface area contributed by atoms with Gasteiger partial charge in [-0.05, 0) is 31.2 Å². The zero-order valence-electron chi connectivity index (χ0n) is 9.57. The molecule has 1 aromatic heterocycles. The molecule has 0 saturated heterocycles. The van der Waals surface area contributed by atoms with E-state index in [0.29, 0.717) is 6.54 Å². The molecule has 2 nitrogen and oxygen atoms in total. The Morgan fingerprint density at radius 3 is 2.38 bits per heavy atom. The maximum absolute atomic E-state index is 5.68. The molecule has 1 heterocycles. The summed E-state index contributed by atoms with van der Waals surface area (Å²) in [5.74, 6) is 1.98. The highest BCUT2D eigenvalue weighted by Gasteiger charge is 2.02. The van der Waals surface area contributed by atoms with E-state index in [4.69, 9.17) is 10.2 Å². The lowest BCUT2D eigenvalue weighted by molar-refractivity contribution is 0.474. The van der Waals surface area contributed by atoms with Crippen LogP contribution in [0.5, 0.6) is 0 Å². The van der Waals surface area contributed by atoms with E-state index in [-0.39, 0.29) is 0 Å². The van der Waals surface area contributed by atoms with Gasteiger partial charge in [0.05, 0.1) is 0 Å². The van der Waals surface area contributed by atoms with Gasteiger partial charge in [0, 0.05) is 12.8 Å². The molecule has 0 fully saturated rings. The second-order valence-electron chi connectivity index (χ2n) is 4.07. The first-order valence-electron chi connectivity index (χ1n) is 5.61. The Morgan fingerprint density at radius 1 is 1.00 bits per heavy atom. The maximum Gasteiger partial charge on any atom is 0.108 e. The Balaban J connectivity index is 2.05. The van der Waals surface area contributed by atoms with Crippen LogP contribution in [-0.2, 0) is 12.8 Å². The molecule has 0 radical (unpaired) electrons. The third kappa shape index (κ3) is 2.74. The van der Waals surface area contributed by atoms with Crippen LogP contribution in [0.3, 0.4) is 0 Å². The van der Waals surface area contributed by atoms with Gasteiger partial charge in [-0.1, -0.05) is 29.8 Å². The van der Waals surface area contributed by atoms with Crippen molar-refractivity contribution in [2.45, 2.75) is 19.8 Å². The molecule has 0 unspecified atom stereocenters. The van der Waals surface area contributed by atoms with Crippen molar-refractivity contribution in [3.05, 3.63) is 59.0 Å². The molecule has 0 spiro atoms. The summed E-state index contributed by atoms with van der Waals surface area (Å²) in [6, 6.07) is 12.6. The van der Waals surface area contributed by atoms with E-state index in [9.17, 15) is 0 Å². The minimum absolute atomic E-state index is 0.636. The summed E-state index contributed by atoms with van der Waals surface area (Å²) in [4.78, 5) is 0. The summed E-state index contributed by atoms with van der Waals surface area (Å²) in [7, 11) is 0. The Bertz CT molecular complexity index is 442. The van der Waals surface area contributed by atoms with Crippen LogP contribution in [-0.4, -0.2) is 6.54 Å². The van der Waals surface area contributed by atoms with Crippen LogP contribution >= 0.6 is 0 Å². The fourth-order valence-corrected chi connectivity index (χ4v) is 1.70. The number of hydrogen-bond donors (Lipinski definition) is 1. The number of benzene rings is 1. The minimum Gasteiger partial charge on any atom is -0.466 e. The van der Waals surface area contributed by atoms with E-state index in [0.717, 1.165) is 24.4 Å². The van der Waals surface area contributed by atoms with Gasteiger partial charge in [0.15, 0.2) is 0 Å². The molecule has 2 aromatic rings. The number of nitrogens with two attached hydrogens (primary N) is 1. The average molecular weight is 215 g/mol. The summed E-state index contributed by atoms with van der Waals surface area (Å²) in [6.45, 7) is 2.73. The summed E-state index contributed by atoms with van der Waals surface area (Å²) in [5, 5.41) is 0. The van der Waals surface area contributed by atoms with Gasteiger partial charge >= 0.3 is 0 Å². The van der Waals surface area contributed by atoms with E-state index in [1.807, 2.05) is 12.1 Å². The van der Waals surface area contributed by atoms with Gasteiger partial charge in [-0.25, -0.2) is 0 Å². The molecule has 0 aliphatic rings. The number of aryl methyl sites for hydroxylation is 1. The lowest BCUT2D eigenvalue weighted by Gasteiger charge is -1.99. The first-order valence-corrected chi connectivity index (χ1v) is 5.61. The van der Waals surface area contributed by atoms with Crippen LogP contribution in [0.1, 0.15) is 22.6 Å². The SMILES string of the molecule is Cc1ccc(Cc2ccc(CCN)o2)cc1. The Labute approximate surface area is 96.1 Å². The largest absolute Gasteiger partial charge is 0.466 e. The second-order valence-corrected chi connectivity index (χ2v) is 4.07. The highest BCUT2D eigenvalue weighted by molar-refractivity contribution is 5.25. The van der Waals surface area contributed by atoms with Crippen LogP contribution < -0.4 is 5.73 Å². The molecule has 0 aliphatic carbocycles. The zero-order valence-corrected chi connectivity index (χ0v) is 9.57. The first kappa shape index (κ1) is 11.0. The topological polar surface area (TPSA) is 39.2 Å². The highest BCUT2D eigenvalue weighted by Crippen LogP contribution is 2.14. The van der Waals surface area contributed by atoms with Crippen LogP contribution in [0.4, 0.5) is 0 Å². The monoisotopic (exact) mass is 215 g/mol. The fourth-order valence-electron chi connectivity index (χ4n) is 1.70. The average Bonchev–Trinajstić information content (AvgIpc) is 2.70. The predicted molar refractivity (Wildman–Crippen MR) is 65.5 cm³/mol. The van der Waals surface area contributed by atoms with Gasteiger partial charge in [-0.15, -0.1) is 0 Å². The Kier molecular flexibility index (Phi) is 3.42. The zero-order chi connectivity index (χ0) is 11.4. The van der Waals surface area contributed by atoms with Gasteiger partial charge in [0.1, 0.15) is 11.5 Å². The predicted octanol–water partition coefficient (Wildman–Crippen LogP) is 2.68. The van der Waals surface area contributed by atoms with Crippen molar-refractivity contribution in [3.63, 3.8) is 0 Å². The molecule has 84 valence electrons.